The fraction of sp³-hybridized carbons (Fsp3) is 0.250. The molecule has 0 aliphatic carbocycles. The first-order valence-corrected chi connectivity index (χ1v) is 10.2. The number of fused-ring (bicyclic) bond motifs is 1. The van der Waals surface area contributed by atoms with Crippen LogP contribution >= 0.6 is 23.6 Å². The van der Waals surface area contributed by atoms with Gasteiger partial charge >= 0.3 is 0 Å². The van der Waals surface area contributed by atoms with E-state index in [9.17, 15) is 4.79 Å². The zero-order chi connectivity index (χ0) is 20.1. The number of hydrogen-bond donors (Lipinski definition) is 4. The molecule has 1 atom stereocenters. The molecule has 0 spiro atoms. The fourth-order valence-electron chi connectivity index (χ4n) is 2.53. The first-order valence-electron chi connectivity index (χ1n) is 9.01. The lowest BCUT2D eigenvalue weighted by molar-refractivity contribution is -0.122. The monoisotopic (exact) mass is 413 g/mol. The van der Waals surface area contributed by atoms with E-state index in [2.05, 4.69) is 52.4 Å². The summed E-state index contributed by atoms with van der Waals surface area (Å²) in [6, 6.07) is 15.4. The highest BCUT2D eigenvalue weighted by atomic mass is 32.1. The summed E-state index contributed by atoms with van der Waals surface area (Å²) in [4.78, 5) is 16.8. The molecule has 0 fully saturated rings. The van der Waals surface area contributed by atoms with E-state index >= 15 is 0 Å². The van der Waals surface area contributed by atoms with Crippen LogP contribution in [-0.2, 0) is 4.79 Å². The van der Waals surface area contributed by atoms with Crippen LogP contribution in [0.25, 0.3) is 10.2 Å². The maximum Gasteiger partial charge on any atom is 0.260 e. The number of rotatable bonds is 5. The number of amides is 1. The molecule has 6 nitrogen and oxygen atoms in total. The minimum absolute atomic E-state index is 0.237. The lowest BCUT2D eigenvalue weighted by atomic mass is 10.0. The van der Waals surface area contributed by atoms with E-state index in [1.54, 1.807) is 6.92 Å². The van der Waals surface area contributed by atoms with Crippen molar-refractivity contribution in [2.45, 2.75) is 32.7 Å². The number of para-hydroxylation sites is 1. The minimum Gasteiger partial charge on any atom is -0.350 e. The maximum absolute atomic E-state index is 12.3. The zero-order valence-corrected chi connectivity index (χ0v) is 17.6. The number of thiocarbonyl (C=S) groups is 1. The average Bonchev–Trinajstić information content (AvgIpc) is 3.08. The van der Waals surface area contributed by atoms with E-state index < -0.39 is 6.04 Å². The van der Waals surface area contributed by atoms with Crippen LogP contribution in [0.1, 0.15) is 32.3 Å². The first kappa shape index (κ1) is 20.0. The van der Waals surface area contributed by atoms with E-state index in [0.29, 0.717) is 16.2 Å². The van der Waals surface area contributed by atoms with Gasteiger partial charge in [0.25, 0.3) is 5.91 Å². The lowest BCUT2D eigenvalue weighted by Crippen LogP contribution is -2.49. The summed E-state index contributed by atoms with van der Waals surface area (Å²) < 4.78 is 1.07. The van der Waals surface area contributed by atoms with E-state index in [-0.39, 0.29) is 5.91 Å². The fourth-order valence-corrected chi connectivity index (χ4v) is 3.65. The summed E-state index contributed by atoms with van der Waals surface area (Å²) in [6.45, 7) is 6.06. The topological polar surface area (TPSA) is 78.1 Å². The third kappa shape index (κ3) is 5.17. The molecule has 0 saturated carbocycles. The van der Waals surface area contributed by atoms with E-state index in [0.717, 1.165) is 15.9 Å². The molecule has 0 unspecified atom stereocenters. The number of hydrogen-bond acceptors (Lipinski definition) is 5. The highest BCUT2D eigenvalue weighted by Crippen LogP contribution is 2.25. The van der Waals surface area contributed by atoms with Crippen LogP contribution in [0.3, 0.4) is 0 Å². The normalized spacial score (nSPS) is 11.9. The van der Waals surface area contributed by atoms with E-state index in [1.165, 1.54) is 16.9 Å². The van der Waals surface area contributed by atoms with E-state index in [1.807, 2.05) is 36.4 Å². The molecule has 8 heteroatoms. The largest absolute Gasteiger partial charge is 0.350 e. The molecule has 0 aliphatic heterocycles. The van der Waals surface area contributed by atoms with Gasteiger partial charge in [0.05, 0.1) is 10.2 Å². The smallest absolute Gasteiger partial charge is 0.260 e. The number of hydrazine groups is 1. The Morgan fingerprint density at radius 1 is 1.04 bits per heavy atom. The van der Waals surface area contributed by atoms with Gasteiger partial charge in [-0.3, -0.25) is 15.6 Å². The molecule has 0 radical (unpaired) electrons. The van der Waals surface area contributed by atoms with Crippen LogP contribution in [-0.4, -0.2) is 22.0 Å². The molecule has 28 heavy (non-hydrogen) atoms. The number of benzene rings is 2. The van der Waals surface area contributed by atoms with Gasteiger partial charge in [-0.1, -0.05) is 49.4 Å². The Hall–Kier alpha value is -2.71. The zero-order valence-electron chi connectivity index (χ0n) is 15.9. The molecule has 2 aromatic carbocycles. The van der Waals surface area contributed by atoms with Gasteiger partial charge in [-0.15, -0.1) is 0 Å². The molecule has 0 aliphatic rings. The molecule has 146 valence electrons. The third-order valence-corrected chi connectivity index (χ3v) is 5.33. The lowest BCUT2D eigenvalue weighted by Gasteiger charge is -2.16. The van der Waals surface area contributed by atoms with Gasteiger partial charge in [-0.05, 0) is 54.9 Å². The SMILES string of the molecule is CC(C)c1ccc(NC(=S)NNC(=O)[C@@H](C)Nc2nc3ccccc3s2)cc1. The summed E-state index contributed by atoms with van der Waals surface area (Å²) in [5.74, 6) is 0.237. The van der Waals surface area contributed by atoms with Gasteiger partial charge < -0.3 is 10.6 Å². The van der Waals surface area contributed by atoms with Crippen LogP contribution < -0.4 is 21.5 Å². The molecule has 4 N–H and O–H groups in total. The van der Waals surface area contributed by atoms with Crippen LogP contribution in [0.15, 0.2) is 48.5 Å². The predicted octanol–water partition coefficient (Wildman–Crippen LogP) is 4.24. The molecular weight excluding hydrogens is 390 g/mol. The maximum atomic E-state index is 12.3. The van der Waals surface area contributed by atoms with Gasteiger partial charge in [0.15, 0.2) is 10.2 Å². The summed E-state index contributed by atoms with van der Waals surface area (Å²) in [6.07, 6.45) is 0. The Bertz CT molecular complexity index is 935. The van der Waals surface area contributed by atoms with Gasteiger partial charge in [0, 0.05) is 5.69 Å². The van der Waals surface area contributed by atoms with Crippen molar-refractivity contribution < 1.29 is 4.79 Å². The van der Waals surface area contributed by atoms with Crippen LogP contribution in [0.2, 0.25) is 0 Å². The molecule has 0 bridgehead atoms. The van der Waals surface area contributed by atoms with Crippen molar-refractivity contribution in [3.05, 3.63) is 54.1 Å². The highest BCUT2D eigenvalue weighted by Gasteiger charge is 2.15. The second-order valence-corrected chi connectivity index (χ2v) is 8.14. The van der Waals surface area contributed by atoms with Crippen molar-refractivity contribution in [1.82, 2.24) is 15.8 Å². The Morgan fingerprint density at radius 3 is 2.43 bits per heavy atom. The molecule has 3 rings (SSSR count). The van der Waals surface area contributed by atoms with Crippen molar-refractivity contribution >= 4 is 55.6 Å². The number of carbonyl (C=O) groups is 1. The van der Waals surface area contributed by atoms with Crippen LogP contribution in [0.4, 0.5) is 10.8 Å². The summed E-state index contributed by atoms with van der Waals surface area (Å²) in [7, 11) is 0. The van der Waals surface area contributed by atoms with Crippen molar-refractivity contribution in [3.63, 3.8) is 0 Å². The number of anilines is 2. The predicted molar refractivity (Wildman–Crippen MR) is 121 cm³/mol. The van der Waals surface area contributed by atoms with Crippen molar-refractivity contribution in [2.24, 2.45) is 0 Å². The van der Waals surface area contributed by atoms with Crippen molar-refractivity contribution in [1.29, 1.82) is 0 Å². The Balaban J connectivity index is 1.47. The van der Waals surface area contributed by atoms with Gasteiger partial charge in [0.2, 0.25) is 0 Å². The number of nitrogens with zero attached hydrogens (tertiary/aromatic N) is 1. The average molecular weight is 414 g/mol. The molecular formula is C20H23N5OS2. The summed E-state index contributed by atoms with van der Waals surface area (Å²) in [5, 5.41) is 7.18. The van der Waals surface area contributed by atoms with Gasteiger partial charge in [-0.25, -0.2) is 4.98 Å². The molecule has 1 aromatic heterocycles. The summed E-state index contributed by atoms with van der Waals surface area (Å²) in [5.41, 5.74) is 8.36. The van der Waals surface area contributed by atoms with E-state index in [4.69, 9.17) is 12.2 Å². The number of carbonyl (C=O) groups excluding carboxylic acids is 1. The molecule has 1 heterocycles. The van der Waals surface area contributed by atoms with Crippen molar-refractivity contribution in [2.75, 3.05) is 10.6 Å². The molecule has 0 saturated heterocycles. The number of nitrogens with one attached hydrogen (secondary N) is 4. The standard InChI is InChI=1S/C20H23N5OS2/c1-12(2)14-8-10-15(11-9-14)22-19(27)25-24-18(26)13(3)21-20-23-16-6-4-5-7-17(16)28-20/h4-13H,1-3H3,(H,21,23)(H,24,26)(H2,22,25,27)/t13-/m1/s1. The van der Waals surface area contributed by atoms with Crippen molar-refractivity contribution in [3.8, 4) is 0 Å². The van der Waals surface area contributed by atoms with Gasteiger partial charge in [-0.2, -0.15) is 0 Å². The second-order valence-electron chi connectivity index (χ2n) is 6.70. The Morgan fingerprint density at radius 2 is 1.75 bits per heavy atom. The number of thiazole rings is 1. The van der Waals surface area contributed by atoms with Crippen LogP contribution in [0.5, 0.6) is 0 Å². The first-order chi connectivity index (χ1) is 13.4. The highest BCUT2D eigenvalue weighted by molar-refractivity contribution is 7.80. The Labute approximate surface area is 173 Å². The quantitative estimate of drug-likeness (QED) is 0.370. The number of aromatic nitrogens is 1. The molecule has 1 amide bonds. The third-order valence-electron chi connectivity index (χ3n) is 4.16. The van der Waals surface area contributed by atoms with Gasteiger partial charge in [0.1, 0.15) is 6.04 Å². The second kappa shape index (κ2) is 8.99. The minimum atomic E-state index is -0.471. The summed E-state index contributed by atoms with van der Waals surface area (Å²) >= 11 is 6.74. The molecule has 3 aromatic rings. The Kier molecular flexibility index (Phi) is 6.43. The van der Waals surface area contributed by atoms with Crippen LogP contribution in [0, 0.1) is 0 Å².